The molecule has 0 fully saturated rings. The van der Waals surface area contributed by atoms with E-state index >= 15 is 0 Å². The Morgan fingerprint density at radius 1 is 0.964 bits per heavy atom. The number of amides is 1. The summed E-state index contributed by atoms with van der Waals surface area (Å²) in [6.07, 6.45) is 1.13. The van der Waals surface area contributed by atoms with E-state index in [2.05, 4.69) is 5.32 Å². The molecule has 1 N–H and O–H groups in total. The number of hydrogen-bond acceptors (Lipinski definition) is 4. The number of rotatable bonds is 6. The molecule has 0 bridgehead atoms. The van der Waals surface area contributed by atoms with Gasteiger partial charge >= 0.3 is 0 Å². The second-order valence-corrected chi connectivity index (χ2v) is 8.61. The maximum Gasteiger partial charge on any atom is 0.259 e. The molecule has 5 nitrogen and oxygen atoms in total. The van der Waals surface area contributed by atoms with Crippen LogP contribution in [0.3, 0.4) is 0 Å². The zero-order chi connectivity index (χ0) is 20.1. The van der Waals surface area contributed by atoms with E-state index < -0.39 is 9.84 Å². The number of sulfone groups is 1. The van der Waals surface area contributed by atoms with Crippen LogP contribution in [0.15, 0.2) is 77.7 Å². The highest BCUT2D eigenvalue weighted by molar-refractivity contribution is 7.90. The van der Waals surface area contributed by atoms with E-state index in [1.54, 1.807) is 48.5 Å². The molecule has 0 radical (unpaired) electrons. The first-order chi connectivity index (χ1) is 13.3. The molecule has 3 aromatic carbocycles. The lowest BCUT2D eigenvalue weighted by Gasteiger charge is -2.12. The highest BCUT2D eigenvalue weighted by Gasteiger charge is 2.13. The molecule has 0 saturated carbocycles. The van der Waals surface area contributed by atoms with Gasteiger partial charge in [0.15, 0.2) is 9.84 Å². The molecule has 0 unspecified atom stereocenters. The van der Waals surface area contributed by atoms with E-state index in [1.807, 2.05) is 12.1 Å². The molecule has 0 aromatic heterocycles. The van der Waals surface area contributed by atoms with E-state index in [0.717, 1.165) is 11.8 Å². The number of para-hydroxylation sites is 1. The van der Waals surface area contributed by atoms with Gasteiger partial charge < -0.3 is 10.1 Å². The lowest BCUT2D eigenvalue weighted by atomic mass is 10.1. The first-order valence-corrected chi connectivity index (χ1v) is 10.7. The summed E-state index contributed by atoms with van der Waals surface area (Å²) in [5.41, 5.74) is 1.80. The molecule has 3 aromatic rings. The summed E-state index contributed by atoms with van der Waals surface area (Å²) in [5.74, 6) is 0.0986. The van der Waals surface area contributed by atoms with Gasteiger partial charge in [-0.2, -0.15) is 0 Å². The molecule has 7 heteroatoms. The Bertz CT molecular complexity index is 1080. The minimum Gasteiger partial charge on any atom is -0.488 e. The van der Waals surface area contributed by atoms with Gasteiger partial charge in [-0.1, -0.05) is 35.9 Å². The van der Waals surface area contributed by atoms with E-state index in [-0.39, 0.29) is 10.8 Å². The number of carbonyl (C=O) groups excluding carboxylic acids is 1. The van der Waals surface area contributed by atoms with Gasteiger partial charge in [-0.05, 0) is 54.1 Å². The van der Waals surface area contributed by atoms with Crippen LogP contribution in [0, 0.1) is 0 Å². The van der Waals surface area contributed by atoms with Crippen LogP contribution in [0.25, 0.3) is 0 Å². The van der Waals surface area contributed by atoms with Crippen molar-refractivity contribution in [1.29, 1.82) is 0 Å². The van der Waals surface area contributed by atoms with Crippen LogP contribution in [0.4, 0.5) is 5.69 Å². The van der Waals surface area contributed by atoms with Crippen LogP contribution in [0.5, 0.6) is 5.75 Å². The number of ether oxygens (including phenoxy) is 1. The van der Waals surface area contributed by atoms with Crippen molar-refractivity contribution in [3.8, 4) is 5.75 Å². The van der Waals surface area contributed by atoms with Crippen LogP contribution >= 0.6 is 11.6 Å². The standard InChI is InChI=1S/C21H18ClNO4S/c1-28(25,26)18-12-10-17(11-13-18)23-21(24)19-4-2-3-5-20(19)27-14-15-6-8-16(22)9-7-15/h2-13H,14H2,1H3,(H,23,24). The van der Waals surface area contributed by atoms with E-state index in [9.17, 15) is 13.2 Å². The Morgan fingerprint density at radius 2 is 1.61 bits per heavy atom. The summed E-state index contributed by atoms with van der Waals surface area (Å²) in [7, 11) is -3.28. The molecule has 0 aliphatic heterocycles. The Kier molecular flexibility index (Phi) is 6.02. The molecule has 28 heavy (non-hydrogen) atoms. The topological polar surface area (TPSA) is 72.5 Å². The van der Waals surface area contributed by atoms with E-state index in [1.165, 1.54) is 12.1 Å². The molecule has 0 spiro atoms. The maximum absolute atomic E-state index is 12.6. The van der Waals surface area contributed by atoms with Crippen molar-refractivity contribution < 1.29 is 17.9 Å². The third-order valence-electron chi connectivity index (χ3n) is 3.98. The largest absolute Gasteiger partial charge is 0.488 e. The van der Waals surface area contributed by atoms with Gasteiger partial charge in [0, 0.05) is 17.0 Å². The molecular weight excluding hydrogens is 398 g/mol. The fourth-order valence-electron chi connectivity index (χ4n) is 2.51. The summed E-state index contributed by atoms with van der Waals surface area (Å²) in [4.78, 5) is 12.8. The predicted molar refractivity (Wildman–Crippen MR) is 110 cm³/mol. The summed E-state index contributed by atoms with van der Waals surface area (Å²) in [6.45, 7) is 0.296. The van der Waals surface area contributed by atoms with Crippen LogP contribution < -0.4 is 10.1 Å². The average molecular weight is 416 g/mol. The number of anilines is 1. The van der Waals surface area contributed by atoms with Gasteiger partial charge in [0.1, 0.15) is 12.4 Å². The van der Waals surface area contributed by atoms with Crippen molar-refractivity contribution in [1.82, 2.24) is 0 Å². The number of halogens is 1. The molecule has 0 aliphatic rings. The molecule has 0 aliphatic carbocycles. The van der Waals surface area contributed by atoms with Gasteiger partial charge in [-0.15, -0.1) is 0 Å². The Morgan fingerprint density at radius 3 is 2.25 bits per heavy atom. The van der Waals surface area contributed by atoms with Gasteiger partial charge in [-0.3, -0.25) is 4.79 Å². The van der Waals surface area contributed by atoms with Crippen LogP contribution in [0.1, 0.15) is 15.9 Å². The van der Waals surface area contributed by atoms with E-state index in [0.29, 0.717) is 28.6 Å². The second-order valence-electron chi connectivity index (χ2n) is 6.16. The highest BCUT2D eigenvalue weighted by atomic mass is 35.5. The molecular formula is C21H18ClNO4S. The van der Waals surface area contributed by atoms with Crippen molar-refractivity contribution in [3.05, 3.63) is 88.9 Å². The molecule has 144 valence electrons. The van der Waals surface area contributed by atoms with Gasteiger partial charge in [0.2, 0.25) is 0 Å². The fourth-order valence-corrected chi connectivity index (χ4v) is 3.26. The third kappa shape index (κ3) is 5.12. The number of hydrogen-bond donors (Lipinski definition) is 1. The summed E-state index contributed by atoms with van der Waals surface area (Å²) >= 11 is 5.88. The van der Waals surface area contributed by atoms with Crippen molar-refractivity contribution in [3.63, 3.8) is 0 Å². The van der Waals surface area contributed by atoms with Crippen LogP contribution in [-0.2, 0) is 16.4 Å². The number of nitrogens with one attached hydrogen (secondary N) is 1. The second kappa shape index (κ2) is 8.46. The number of carbonyl (C=O) groups is 1. The van der Waals surface area contributed by atoms with Gasteiger partial charge in [0.25, 0.3) is 5.91 Å². The zero-order valence-electron chi connectivity index (χ0n) is 15.1. The normalized spacial score (nSPS) is 11.1. The van der Waals surface area contributed by atoms with Crippen molar-refractivity contribution in [2.24, 2.45) is 0 Å². The SMILES string of the molecule is CS(=O)(=O)c1ccc(NC(=O)c2ccccc2OCc2ccc(Cl)cc2)cc1. The van der Waals surface area contributed by atoms with Crippen molar-refractivity contribution >= 4 is 33.0 Å². The molecule has 0 atom stereocenters. The van der Waals surface area contributed by atoms with E-state index in [4.69, 9.17) is 16.3 Å². The first kappa shape index (κ1) is 19.9. The van der Waals surface area contributed by atoms with Crippen molar-refractivity contribution in [2.75, 3.05) is 11.6 Å². The van der Waals surface area contributed by atoms with Gasteiger partial charge in [-0.25, -0.2) is 8.42 Å². The van der Waals surface area contributed by atoms with Gasteiger partial charge in [0.05, 0.1) is 10.5 Å². The predicted octanol–water partition coefficient (Wildman–Crippen LogP) is 4.57. The van der Waals surface area contributed by atoms with Crippen LogP contribution in [0.2, 0.25) is 5.02 Å². The van der Waals surface area contributed by atoms with Crippen LogP contribution in [-0.4, -0.2) is 20.6 Å². The minimum atomic E-state index is -3.28. The lowest BCUT2D eigenvalue weighted by Crippen LogP contribution is -2.13. The maximum atomic E-state index is 12.6. The minimum absolute atomic E-state index is 0.192. The lowest BCUT2D eigenvalue weighted by molar-refractivity contribution is 0.102. The summed E-state index contributed by atoms with van der Waals surface area (Å²) in [6, 6.07) is 20.2. The number of benzene rings is 3. The average Bonchev–Trinajstić information content (AvgIpc) is 2.67. The summed E-state index contributed by atoms with van der Waals surface area (Å²) < 4.78 is 28.9. The zero-order valence-corrected chi connectivity index (χ0v) is 16.6. The third-order valence-corrected chi connectivity index (χ3v) is 5.36. The Balaban J connectivity index is 1.72. The quantitative estimate of drug-likeness (QED) is 0.639. The fraction of sp³-hybridized carbons (Fsp3) is 0.0952. The monoisotopic (exact) mass is 415 g/mol. The first-order valence-electron chi connectivity index (χ1n) is 8.41. The highest BCUT2D eigenvalue weighted by Crippen LogP contribution is 2.22. The Hall–Kier alpha value is -2.83. The molecule has 1 amide bonds. The van der Waals surface area contributed by atoms with Crippen molar-refractivity contribution in [2.45, 2.75) is 11.5 Å². The smallest absolute Gasteiger partial charge is 0.259 e. The molecule has 3 rings (SSSR count). The molecule has 0 heterocycles. The Labute approximate surface area is 168 Å². The summed E-state index contributed by atoms with van der Waals surface area (Å²) in [5, 5.41) is 3.40. The molecule has 0 saturated heterocycles.